The Hall–Kier alpha value is -2.74. The fourth-order valence-corrected chi connectivity index (χ4v) is 4.05. The Labute approximate surface area is 152 Å². The molecule has 2 aromatic heterocycles. The summed E-state index contributed by atoms with van der Waals surface area (Å²) >= 11 is 6.17. The maximum absolute atomic E-state index is 14.0. The lowest BCUT2D eigenvalue weighted by atomic mass is 10.1. The van der Waals surface area contributed by atoms with E-state index in [0.29, 0.717) is 29.6 Å². The van der Waals surface area contributed by atoms with Crippen LogP contribution in [0.4, 0.5) is 4.39 Å². The fourth-order valence-electron chi connectivity index (χ4n) is 3.81. The van der Waals surface area contributed by atoms with Gasteiger partial charge in [0.15, 0.2) is 11.5 Å². The number of hydrogen-bond acceptors (Lipinski definition) is 5. The van der Waals surface area contributed by atoms with E-state index < -0.39 is 5.82 Å². The molecular formula is C17H13ClFN5O2. The molecule has 9 heteroatoms. The average Bonchev–Trinajstić information content (AvgIpc) is 3.33. The van der Waals surface area contributed by atoms with Crippen molar-refractivity contribution in [3.05, 3.63) is 46.4 Å². The molecule has 1 aromatic carbocycles. The molecule has 26 heavy (non-hydrogen) atoms. The van der Waals surface area contributed by atoms with Crippen molar-refractivity contribution in [1.82, 2.24) is 24.6 Å². The molecule has 0 bridgehead atoms. The van der Waals surface area contributed by atoms with Crippen molar-refractivity contribution in [3.8, 4) is 17.3 Å². The van der Waals surface area contributed by atoms with Gasteiger partial charge in [-0.25, -0.2) is 9.37 Å². The maximum Gasteiger partial charge on any atom is 0.278 e. The molecule has 2 aliphatic rings. The van der Waals surface area contributed by atoms with E-state index in [1.54, 1.807) is 28.8 Å². The molecule has 132 valence electrons. The number of carbonyl (C=O) groups excluding carboxylic acids is 1. The summed E-state index contributed by atoms with van der Waals surface area (Å²) in [7, 11) is 0. The van der Waals surface area contributed by atoms with Crippen LogP contribution < -0.4 is 0 Å². The molecule has 0 radical (unpaired) electrons. The molecule has 0 N–H and O–H groups in total. The van der Waals surface area contributed by atoms with Crippen LogP contribution in [-0.4, -0.2) is 37.0 Å². The van der Waals surface area contributed by atoms with Crippen LogP contribution in [0.5, 0.6) is 0 Å². The molecule has 0 spiro atoms. The van der Waals surface area contributed by atoms with Gasteiger partial charge in [-0.05, 0) is 31.9 Å². The molecule has 1 amide bonds. The first kappa shape index (κ1) is 15.5. The van der Waals surface area contributed by atoms with Gasteiger partial charge in [-0.1, -0.05) is 16.8 Å². The predicted molar refractivity (Wildman–Crippen MR) is 89.6 cm³/mol. The number of nitrogens with zero attached hydrogens (tertiary/aromatic N) is 5. The summed E-state index contributed by atoms with van der Waals surface area (Å²) in [5.74, 6) is -0.0957. The molecule has 5 rings (SSSR count). The van der Waals surface area contributed by atoms with Crippen molar-refractivity contribution in [2.75, 3.05) is 6.54 Å². The van der Waals surface area contributed by atoms with Crippen LogP contribution in [-0.2, 0) is 0 Å². The highest BCUT2D eigenvalue weighted by Crippen LogP contribution is 2.43. The van der Waals surface area contributed by atoms with Crippen LogP contribution in [0.15, 0.2) is 23.0 Å². The Bertz CT molecular complexity index is 1060. The number of amides is 1. The summed E-state index contributed by atoms with van der Waals surface area (Å²) in [6.45, 7) is 2.30. The zero-order valence-electron chi connectivity index (χ0n) is 13.7. The number of aryl methyl sites for hydroxylation is 1. The van der Waals surface area contributed by atoms with Crippen molar-refractivity contribution >= 4 is 17.5 Å². The second-order valence-electron chi connectivity index (χ2n) is 6.41. The van der Waals surface area contributed by atoms with E-state index in [1.807, 2.05) is 0 Å². The van der Waals surface area contributed by atoms with Crippen LogP contribution in [0.1, 0.15) is 40.8 Å². The van der Waals surface area contributed by atoms with Crippen LogP contribution in [0.2, 0.25) is 5.02 Å². The third-order valence-electron chi connectivity index (χ3n) is 4.91. The van der Waals surface area contributed by atoms with Crippen molar-refractivity contribution in [3.63, 3.8) is 0 Å². The summed E-state index contributed by atoms with van der Waals surface area (Å²) < 4.78 is 21.1. The largest absolute Gasteiger partial charge is 0.332 e. The van der Waals surface area contributed by atoms with E-state index in [4.69, 9.17) is 16.1 Å². The molecule has 7 nitrogen and oxygen atoms in total. The molecule has 1 saturated heterocycles. The number of carbonyl (C=O) groups is 1. The molecule has 0 saturated carbocycles. The lowest BCUT2D eigenvalue weighted by Crippen LogP contribution is -2.30. The van der Waals surface area contributed by atoms with Gasteiger partial charge in [0.1, 0.15) is 12.1 Å². The Morgan fingerprint density at radius 3 is 3.00 bits per heavy atom. The number of imidazole rings is 1. The normalized spacial score (nSPS) is 18.5. The minimum atomic E-state index is -0.620. The molecule has 3 aromatic rings. The predicted octanol–water partition coefficient (Wildman–Crippen LogP) is 3.31. The summed E-state index contributed by atoms with van der Waals surface area (Å²) in [5, 5.41) is 3.66. The minimum absolute atomic E-state index is 0.156. The summed E-state index contributed by atoms with van der Waals surface area (Å²) in [5.41, 5.74) is 1.97. The molecule has 4 heterocycles. The van der Waals surface area contributed by atoms with Crippen molar-refractivity contribution < 1.29 is 13.7 Å². The Morgan fingerprint density at radius 1 is 1.38 bits per heavy atom. The van der Waals surface area contributed by atoms with Crippen LogP contribution in [0.3, 0.4) is 0 Å². The Kier molecular flexibility index (Phi) is 3.21. The number of aromatic nitrogens is 4. The van der Waals surface area contributed by atoms with Crippen molar-refractivity contribution in [1.29, 1.82) is 0 Å². The van der Waals surface area contributed by atoms with Gasteiger partial charge in [0.05, 0.1) is 28.0 Å². The quantitative estimate of drug-likeness (QED) is 0.654. The lowest BCUT2D eigenvalue weighted by Gasteiger charge is -2.22. The summed E-state index contributed by atoms with van der Waals surface area (Å²) in [6, 6.07) is 2.59. The topological polar surface area (TPSA) is 77.0 Å². The highest BCUT2D eigenvalue weighted by molar-refractivity contribution is 6.34. The van der Waals surface area contributed by atoms with E-state index in [-0.39, 0.29) is 22.5 Å². The number of rotatable bonds is 1. The van der Waals surface area contributed by atoms with Gasteiger partial charge in [-0.3, -0.25) is 9.36 Å². The van der Waals surface area contributed by atoms with E-state index in [2.05, 4.69) is 15.1 Å². The van der Waals surface area contributed by atoms with E-state index >= 15 is 0 Å². The Morgan fingerprint density at radius 2 is 2.23 bits per heavy atom. The third-order valence-corrected chi connectivity index (χ3v) is 5.28. The summed E-state index contributed by atoms with van der Waals surface area (Å²) in [6.07, 6.45) is 3.20. The van der Waals surface area contributed by atoms with Gasteiger partial charge in [0.2, 0.25) is 0 Å². The first-order valence-electron chi connectivity index (χ1n) is 8.23. The van der Waals surface area contributed by atoms with Crippen molar-refractivity contribution in [2.24, 2.45) is 0 Å². The van der Waals surface area contributed by atoms with E-state index in [0.717, 1.165) is 18.5 Å². The van der Waals surface area contributed by atoms with E-state index in [9.17, 15) is 9.18 Å². The number of benzene rings is 1. The van der Waals surface area contributed by atoms with Gasteiger partial charge in [-0.15, -0.1) is 0 Å². The molecule has 0 aliphatic carbocycles. The fraction of sp³-hybridized carbons (Fsp3) is 0.294. The van der Waals surface area contributed by atoms with Gasteiger partial charge in [0, 0.05) is 6.54 Å². The maximum atomic E-state index is 14.0. The first-order valence-corrected chi connectivity index (χ1v) is 8.61. The van der Waals surface area contributed by atoms with Crippen LogP contribution in [0.25, 0.3) is 17.3 Å². The molecule has 2 aliphatic heterocycles. The summed E-state index contributed by atoms with van der Waals surface area (Å²) in [4.78, 5) is 23.5. The van der Waals surface area contributed by atoms with Gasteiger partial charge in [-0.2, -0.15) is 4.98 Å². The van der Waals surface area contributed by atoms with Crippen LogP contribution in [0, 0.1) is 12.7 Å². The number of fused-ring (bicyclic) bond motifs is 5. The molecular weight excluding hydrogens is 361 g/mol. The standard InChI is InChI=1S/C17H13ClFN5O2/c1-8-21-16(26-22-8)14-15-11-3-2-6-23(11)17(25)12-10(24(15)7-20-14)5-4-9(19)13(12)18/h4-5,7,11H,2-3,6H2,1H3. The number of halogens is 2. The average molecular weight is 374 g/mol. The van der Waals surface area contributed by atoms with Gasteiger partial charge >= 0.3 is 0 Å². The third kappa shape index (κ3) is 1.99. The second-order valence-corrected chi connectivity index (χ2v) is 6.79. The molecule has 1 unspecified atom stereocenters. The molecule has 1 atom stereocenters. The highest BCUT2D eigenvalue weighted by atomic mass is 35.5. The van der Waals surface area contributed by atoms with Gasteiger partial charge < -0.3 is 9.42 Å². The zero-order chi connectivity index (χ0) is 18.0. The first-order chi connectivity index (χ1) is 12.6. The van der Waals surface area contributed by atoms with Crippen LogP contribution >= 0.6 is 11.6 Å². The Balaban J connectivity index is 1.83. The second kappa shape index (κ2) is 5.38. The minimum Gasteiger partial charge on any atom is -0.332 e. The SMILES string of the molecule is Cc1noc(-c2ncn3c2C2CCCN2C(=O)c2c-3ccc(F)c2Cl)n1. The smallest absolute Gasteiger partial charge is 0.278 e. The monoisotopic (exact) mass is 373 g/mol. The van der Waals surface area contributed by atoms with Gasteiger partial charge in [0.25, 0.3) is 11.8 Å². The molecule has 1 fully saturated rings. The van der Waals surface area contributed by atoms with E-state index in [1.165, 1.54) is 6.07 Å². The van der Waals surface area contributed by atoms with Crippen molar-refractivity contribution in [2.45, 2.75) is 25.8 Å². The number of hydrogen-bond donors (Lipinski definition) is 0. The zero-order valence-corrected chi connectivity index (χ0v) is 14.5. The highest BCUT2D eigenvalue weighted by Gasteiger charge is 2.41. The lowest BCUT2D eigenvalue weighted by molar-refractivity contribution is 0.0738.